The van der Waals surface area contributed by atoms with Crippen molar-refractivity contribution in [1.29, 1.82) is 0 Å². The molecule has 1 aromatic rings. The molecule has 0 aliphatic carbocycles. The average molecular weight is 262 g/mol. The molecule has 108 valence electrons. The van der Waals surface area contributed by atoms with Gasteiger partial charge in [-0.15, -0.1) is 0 Å². The lowest BCUT2D eigenvalue weighted by Crippen LogP contribution is -2.44. The van der Waals surface area contributed by atoms with E-state index in [4.69, 9.17) is 5.73 Å². The van der Waals surface area contributed by atoms with Crippen LogP contribution in [0.2, 0.25) is 0 Å². The molecule has 0 fully saturated rings. The van der Waals surface area contributed by atoms with Gasteiger partial charge in [0.25, 0.3) is 0 Å². The van der Waals surface area contributed by atoms with Crippen LogP contribution in [0.3, 0.4) is 0 Å². The highest BCUT2D eigenvalue weighted by atomic mass is 15.2. The van der Waals surface area contributed by atoms with E-state index in [1.807, 2.05) is 0 Å². The van der Waals surface area contributed by atoms with E-state index in [1.54, 1.807) is 0 Å². The van der Waals surface area contributed by atoms with Crippen molar-refractivity contribution in [3.63, 3.8) is 0 Å². The van der Waals surface area contributed by atoms with Gasteiger partial charge in [0.05, 0.1) is 0 Å². The molecule has 2 N–H and O–H groups in total. The third kappa shape index (κ3) is 4.05. The normalized spacial score (nSPS) is 16.7. The van der Waals surface area contributed by atoms with Gasteiger partial charge < -0.3 is 5.73 Å². The standard InChI is InChI=1S/C17H30N2/c1-7-16(18)17(19(6)14(5)12(2)3)15-10-8-13(4)9-11-15/h8-12,14,16-17H,7,18H2,1-6H3. The third-order valence-electron chi connectivity index (χ3n) is 4.34. The number of nitrogens with zero attached hydrogens (tertiary/aromatic N) is 1. The molecule has 3 atom stereocenters. The predicted molar refractivity (Wildman–Crippen MR) is 84.2 cm³/mol. The highest BCUT2D eigenvalue weighted by Gasteiger charge is 2.27. The molecule has 0 bridgehead atoms. The Balaban J connectivity index is 3.04. The first-order valence-corrected chi connectivity index (χ1v) is 7.42. The minimum Gasteiger partial charge on any atom is -0.326 e. The van der Waals surface area contributed by atoms with Crippen LogP contribution in [-0.2, 0) is 0 Å². The van der Waals surface area contributed by atoms with Crippen LogP contribution >= 0.6 is 0 Å². The fourth-order valence-corrected chi connectivity index (χ4v) is 2.49. The van der Waals surface area contributed by atoms with Crippen LogP contribution in [0.25, 0.3) is 0 Å². The molecule has 2 nitrogen and oxygen atoms in total. The molecular formula is C17H30N2. The van der Waals surface area contributed by atoms with Crippen molar-refractivity contribution in [2.24, 2.45) is 11.7 Å². The van der Waals surface area contributed by atoms with Crippen molar-refractivity contribution in [2.75, 3.05) is 7.05 Å². The van der Waals surface area contributed by atoms with E-state index < -0.39 is 0 Å². The summed E-state index contributed by atoms with van der Waals surface area (Å²) in [6, 6.07) is 9.79. The second-order valence-corrected chi connectivity index (χ2v) is 6.08. The Labute approximate surface area is 119 Å². The first-order chi connectivity index (χ1) is 8.88. The van der Waals surface area contributed by atoms with Gasteiger partial charge in [0.1, 0.15) is 0 Å². The van der Waals surface area contributed by atoms with Gasteiger partial charge in [-0.05, 0) is 38.8 Å². The van der Waals surface area contributed by atoms with Crippen molar-refractivity contribution >= 4 is 0 Å². The summed E-state index contributed by atoms with van der Waals surface area (Å²) in [6.07, 6.45) is 0.994. The fraction of sp³-hybridized carbons (Fsp3) is 0.647. The molecule has 0 saturated carbocycles. The second-order valence-electron chi connectivity index (χ2n) is 6.08. The Morgan fingerprint density at radius 2 is 1.63 bits per heavy atom. The molecule has 0 heterocycles. The minimum absolute atomic E-state index is 0.175. The van der Waals surface area contributed by atoms with Gasteiger partial charge in [0, 0.05) is 18.1 Å². The molecule has 0 aliphatic heterocycles. The first-order valence-electron chi connectivity index (χ1n) is 7.42. The molecule has 3 unspecified atom stereocenters. The van der Waals surface area contributed by atoms with E-state index in [0.29, 0.717) is 18.0 Å². The third-order valence-corrected chi connectivity index (χ3v) is 4.34. The van der Waals surface area contributed by atoms with Crippen molar-refractivity contribution in [3.05, 3.63) is 35.4 Å². The fourth-order valence-electron chi connectivity index (χ4n) is 2.49. The summed E-state index contributed by atoms with van der Waals surface area (Å²) in [5.74, 6) is 0.627. The maximum atomic E-state index is 6.38. The van der Waals surface area contributed by atoms with E-state index in [2.05, 4.69) is 70.8 Å². The van der Waals surface area contributed by atoms with Crippen molar-refractivity contribution < 1.29 is 0 Å². The van der Waals surface area contributed by atoms with Gasteiger partial charge in [-0.1, -0.05) is 50.6 Å². The zero-order chi connectivity index (χ0) is 14.6. The second kappa shape index (κ2) is 7.06. The summed E-state index contributed by atoms with van der Waals surface area (Å²) in [5, 5.41) is 0. The first kappa shape index (κ1) is 16.2. The molecule has 0 spiro atoms. The number of hydrogen-bond acceptors (Lipinski definition) is 2. The van der Waals surface area contributed by atoms with Crippen molar-refractivity contribution in [1.82, 2.24) is 4.90 Å². The number of aryl methyl sites for hydroxylation is 1. The van der Waals surface area contributed by atoms with Crippen LogP contribution in [0.5, 0.6) is 0 Å². The summed E-state index contributed by atoms with van der Waals surface area (Å²) in [4.78, 5) is 2.43. The lowest BCUT2D eigenvalue weighted by atomic mass is 9.93. The van der Waals surface area contributed by atoms with E-state index in [-0.39, 0.29) is 6.04 Å². The van der Waals surface area contributed by atoms with Gasteiger partial charge in [-0.2, -0.15) is 0 Å². The van der Waals surface area contributed by atoms with Gasteiger partial charge >= 0.3 is 0 Å². The summed E-state index contributed by atoms with van der Waals surface area (Å²) >= 11 is 0. The van der Waals surface area contributed by atoms with E-state index in [9.17, 15) is 0 Å². The molecule has 0 aliphatic rings. The molecule has 1 aromatic carbocycles. The summed E-state index contributed by atoms with van der Waals surface area (Å²) in [7, 11) is 2.20. The Bertz CT molecular complexity index is 369. The zero-order valence-corrected chi connectivity index (χ0v) is 13.4. The number of hydrogen-bond donors (Lipinski definition) is 1. The van der Waals surface area contributed by atoms with Gasteiger partial charge in [0.15, 0.2) is 0 Å². The van der Waals surface area contributed by atoms with Crippen molar-refractivity contribution in [3.8, 4) is 0 Å². The van der Waals surface area contributed by atoms with Crippen LogP contribution in [0.4, 0.5) is 0 Å². The van der Waals surface area contributed by atoms with Crippen LogP contribution in [-0.4, -0.2) is 24.0 Å². The summed E-state index contributed by atoms with van der Waals surface area (Å²) in [6.45, 7) is 11.1. The molecule has 0 aromatic heterocycles. The van der Waals surface area contributed by atoms with Crippen LogP contribution in [0, 0.1) is 12.8 Å². The monoisotopic (exact) mass is 262 g/mol. The molecule has 1 rings (SSSR count). The molecule has 0 saturated heterocycles. The predicted octanol–water partition coefficient (Wildman–Crippen LogP) is 3.75. The van der Waals surface area contributed by atoms with Crippen LogP contribution < -0.4 is 5.73 Å². The van der Waals surface area contributed by atoms with Gasteiger partial charge in [-0.25, -0.2) is 0 Å². The van der Waals surface area contributed by atoms with Gasteiger partial charge in [0.2, 0.25) is 0 Å². The van der Waals surface area contributed by atoms with E-state index in [1.165, 1.54) is 11.1 Å². The number of nitrogens with two attached hydrogens (primary N) is 1. The van der Waals surface area contributed by atoms with Gasteiger partial charge in [-0.3, -0.25) is 4.90 Å². The summed E-state index contributed by atoms with van der Waals surface area (Å²) < 4.78 is 0. The van der Waals surface area contributed by atoms with Crippen LogP contribution in [0.1, 0.15) is 51.3 Å². The highest BCUT2D eigenvalue weighted by molar-refractivity contribution is 5.25. The minimum atomic E-state index is 0.175. The Hall–Kier alpha value is -0.860. The number of benzene rings is 1. The quantitative estimate of drug-likeness (QED) is 0.846. The smallest absolute Gasteiger partial charge is 0.0498 e. The molecule has 19 heavy (non-hydrogen) atoms. The maximum Gasteiger partial charge on any atom is 0.0498 e. The summed E-state index contributed by atoms with van der Waals surface area (Å²) in [5.41, 5.74) is 9.01. The number of rotatable bonds is 6. The van der Waals surface area contributed by atoms with Crippen molar-refractivity contribution in [2.45, 2.75) is 59.2 Å². The van der Waals surface area contributed by atoms with E-state index >= 15 is 0 Å². The Morgan fingerprint density at radius 1 is 1.11 bits per heavy atom. The molecule has 2 heteroatoms. The highest BCUT2D eigenvalue weighted by Crippen LogP contribution is 2.27. The molecule has 0 radical (unpaired) electrons. The Kier molecular flexibility index (Phi) is 6.02. The molecular weight excluding hydrogens is 232 g/mol. The topological polar surface area (TPSA) is 29.3 Å². The maximum absolute atomic E-state index is 6.38. The average Bonchev–Trinajstić information content (AvgIpc) is 2.39. The van der Waals surface area contributed by atoms with Crippen LogP contribution in [0.15, 0.2) is 24.3 Å². The Morgan fingerprint density at radius 3 is 2.05 bits per heavy atom. The zero-order valence-electron chi connectivity index (χ0n) is 13.4. The molecule has 0 amide bonds. The lowest BCUT2D eigenvalue weighted by molar-refractivity contribution is 0.127. The number of likely N-dealkylation sites (N-methyl/N-ethyl adjacent to an activating group) is 1. The SMILES string of the molecule is CCC(N)C(c1ccc(C)cc1)N(C)C(C)C(C)C. The largest absolute Gasteiger partial charge is 0.326 e. The lowest BCUT2D eigenvalue weighted by Gasteiger charge is -2.38. The van der Waals surface area contributed by atoms with E-state index in [0.717, 1.165) is 6.42 Å².